The van der Waals surface area contributed by atoms with Crippen LogP contribution in [0.3, 0.4) is 0 Å². The van der Waals surface area contributed by atoms with E-state index in [2.05, 4.69) is 28.2 Å². The van der Waals surface area contributed by atoms with Crippen LogP contribution in [0.4, 0.5) is 0 Å². The summed E-state index contributed by atoms with van der Waals surface area (Å²) in [7, 11) is 0. The summed E-state index contributed by atoms with van der Waals surface area (Å²) in [6.07, 6.45) is 4.01. The molecule has 1 aliphatic rings. The summed E-state index contributed by atoms with van der Waals surface area (Å²) in [5.74, 6) is 0.355. The topological polar surface area (TPSA) is 32.3 Å². The Bertz CT molecular complexity index is 380. The first-order valence-electron chi connectivity index (χ1n) is 5.78. The van der Waals surface area contributed by atoms with Gasteiger partial charge in [-0.2, -0.15) is 0 Å². The van der Waals surface area contributed by atoms with E-state index in [0.29, 0.717) is 11.2 Å². The standard InChI is InChI=1S/C13H18BrNO.ClH/c1-13(6-3-7-13)9-15-8-10-4-2-5-11(14)12(10)16;/h2,4-5,15-16H,3,6-9H2,1H3;1H. The molecule has 0 aliphatic heterocycles. The number of nitrogens with one attached hydrogen (secondary N) is 1. The van der Waals surface area contributed by atoms with Crippen LogP contribution in [0.25, 0.3) is 0 Å². The molecule has 4 heteroatoms. The van der Waals surface area contributed by atoms with Crippen molar-refractivity contribution in [1.82, 2.24) is 5.32 Å². The molecule has 2 nitrogen and oxygen atoms in total. The van der Waals surface area contributed by atoms with E-state index >= 15 is 0 Å². The zero-order valence-electron chi connectivity index (χ0n) is 10.0. The van der Waals surface area contributed by atoms with Crippen LogP contribution in [0, 0.1) is 5.41 Å². The predicted molar refractivity (Wildman–Crippen MR) is 76.7 cm³/mol. The maximum Gasteiger partial charge on any atom is 0.134 e. The van der Waals surface area contributed by atoms with Crippen molar-refractivity contribution in [2.75, 3.05) is 6.54 Å². The van der Waals surface area contributed by atoms with Gasteiger partial charge in [-0.15, -0.1) is 12.4 Å². The van der Waals surface area contributed by atoms with Gasteiger partial charge in [-0.1, -0.05) is 25.5 Å². The van der Waals surface area contributed by atoms with E-state index < -0.39 is 0 Å². The molecule has 0 heterocycles. The lowest BCUT2D eigenvalue weighted by molar-refractivity contribution is 0.156. The third-order valence-corrected chi connectivity index (χ3v) is 4.14. The molecule has 96 valence electrons. The molecule has 2 rings (SSSR count). The molecule has 0 aromatic heterocycles. The van der Waals surface area contributed by atoms with Crippen LogP contribution in [-0.2, 0) is 6.54 Å². The van der Waals surface area contributed by atoms with Crippen molar-refractivity contribution in [2.24, 2.45) is 5.41 Å². The molecule has 1 saturated carbocycles. The summed E-state index contributed by atoms with van der Waals surface area (Å²) in [5.41, 5.74) is 1.44. The molecule has 1 aliphatic carbocycles. The first kappa shape index (κ1) is 14.8. The highest BCUT2D eigenvalue weighted by Gasteiger charge is 2.30. The molecular weight excluding hydrogens is 302 g/mol. The fourth-order valence-corrected chi connectivity index (χ4v) is 2.57. The fourth-order valence-electron chi connectivity index (χ4n) is 2.16. The van der Waals surface area contributed by atoms with Crippen LogP contribution >= 0.6 is 28.3 Å². The van der Waals surface area contributed by atoms with Gasteiger partial charge in [-0.05, 0) is 40.3 Å². The lowest BCUT2D eigenvalue weighted by atomic mass is 9.70. The first-order chi connectivity index (χ1) is 7.61. The quantitative estimate of drug-likeness (QED) is 0.883. The van der Waals surface area contributed by atoms with Crippen LogP contribution in [0.5, 0.6) is 5.75 Å². The molecule has 0 spiro atoms. The van der Waals surface area contributed by atoms with Crippen LogP contribution in [0.1, 0.15) is 31.7 Å². The van der Waals surface area contributed by atoms with E-state index in [1.165, 1.54) is 19.3 Å². The Labute approximate surface area is 117 Å². The minimum absolute atomic E-state index is 0. The molecule has 1 aromatic carbocycles. The SMILES string of the molecule is CC1(CNCc2cccc(Br)c2O)CCC1.Cl. The average Bonchev–Trinajstić information content (AvgIpc) is 2.22. The zero-order chi connectivity index (χ0) is 11.6. The number of para-hydroxylation sites is 1. The molecule has 0 radical (unpaired) electrons. The Morgan fingerprint density at radius 1 is 1.41 bits per heavy atom. The van der Waals surface area contributed by atoms with Crippen molar-refractivity contribution in [3.05, 3.63) is 28.2 Å². The first-order valence-corrected chi connectivity index (χ1v) is 6.57. The number of halogens is 2. The smallest absolute Gasteiger partial charge is 0.134 e. The van der Waals surface area contributed by atoms with E-state index in [-0.39, 0.29) is 12.4 Å². The molecular formula is C13H19BrClNO. The predicted octanol–water partition coefficient (Wildman–Crippen LogP) is 3.86. The highest BCUT2D eigenvalue weighted by atomic mass is 79.9. The van der Waals surface area contributed by atoms with Gasteiger partial charge < -0.3 is 10.4 Å². The molecule has 0 amide bonds. The summed E-state index contributed by atoms with van der Waals surface area (Å²) >= 11 is 3.32. The zero-order valence-corrected chi connectivity index (χ0v) is 12.4. The van der Waals surface area contributed by atoms with Gasteiger partial charge in [-0.25, -0.2) is 0 Å². The van der Waals surface area contributed by atoms with Crippen molar-refractivity contribution < 1.29 is 5.11 Å². The largest absolute Gasteiger partial charge is 0.506 e. The van der Waals surface area contributed by atoms with Crippen molar-refractivity contribution in [2.45, 2.75) is 32.7 Å². The number of phenolic OH excluding ortho intramolecular Hbond substituents is 1. The molecule has 2 N–H and O–H groups in total. The van der Waals surface area contributed by atoms with Crippen LogP contribution in [0.2, 0.25) is 0 Å². The van der Waals surface area contributed by atoms with Gasteiger partial charge in [-0.3, -0.25) is 0 Å². The molecule has 17 heavy (non-hydrogen) atoms. The number of aromatic hydroxyl groups is 1. The minimum Gasteiger partial charge on any atom is -0.506 e. The van der Waals surface area contributed by atoms with E-state index in [0.717, 1.165) is 23.1 Å². The van der Waals surface area contributed by atoms with Gasteiger partial charge in [0.15, 0.2) is 0 Å². The maximum atomic E-state index is 9.81. The Balaban J connectivity index is 0.00000144. The van der Waals surface area contributed by atoms with Crippen molar-refractivity contribution in [3.63, 3.8) is 0 Å². The second-order valence-corrected chi connectivity index (χ2v) is 5.87. The van der Waals surface area contributed by atoms with E-state index in [1.54, 1.807) is 0 Å². The van der Waals surface area contributed by atoms with Crippen LogP contribution in [-0.4, -0.2) is 11.7 Å². The number of benzene rings is 1. The summed E-state index contributed by atoms with van der Waals surface area (Å²) in [6.45, 7) is 4.10. The number of hydrogen-bond acceptors (Lipinski definition) is 2. The third-order valence-electron chi connectivity index (χ3n) is 3.50. The average molecular weight is 321 g/mol. The normalized spacial score (nSPS) is 17.1. The monoisotopic (exact) mass is 319 g/mol. The summed E-state index contributed by atoms with van der Waals surface area (Å²) in [5, 5.41) is 13.2. The van der Waals surface area contributed by atoms with E-state index in [1.807, 2.05) is 18.2 Å². The van der Waals surface area contributed by atoms with Gasteiger partial charge in [0.1, 0.15) is 5.75 Å². The Hall–Kier alpha value is -0.250. The molecule has 1 aromatic rings. The van der Waals surface area contributed by atoms with E-state index in [4.69, 9.17) is 0 Å². The van der Waals surface area contributed by atoms with Gasteiger partial charge in [0.2, 0.25) is 0 Å². The second kappa shape index (κ2) is 6.07. The van der Waals surface area contributed by atoms with Crippen molar-refractivity contribution >= 4 is 28.3 Å². The summed E-state index contributed by atoms with van der Waals surface area (Å²) in [6, 6.07) is 5.76. The Morgan fingerprint density at radius 3 is 2.71 bits per heavy atom. The number of phenols is 1. The van der Waals surface area contributed by atoms with Crippen LogP contribution in [0.15, 0.2) is 22.7 Å². The fraction of sp³-hybridized carbons (Fsp3) is 0.538. The highest BCUT2D eigenvalue weighted by Crippen LogP contribution is 2.39. The number of rotatable bonds is 4. The molecule has 0 bridgehead atoms. The van der Waals surface area contributed by atoms with Crippen molar-refractivity contribution in [1.29, 1.82) is 0 Å². The Morgan fingerprint density at radius 2 is 2.12 bits per heavy atom. The molecule has 0 unspecified atom stereocenters. The van der Waals surface area contributed by atoms with Crippen molar-refractivity contribution in [3.8, 4) is 5.75 Å². The second-order valence-electron chi connectivity index (χ2n) is 5.02. The molecule has 1 fully saturated rings. The maximum absolute atomic E-state index is 9.81. The minimum atomic E-state index is 0. The summed E-state index contributed by atoms with van der Waals surface area (Å²) in [4.78, 5) is 0. The lowest BCUT2D eigenvalue weighted by Gasteiger charge is -2.38. The van der Waals surface area contributed by atoms with E-state index in [9.17, 15) is 5.11 Å². The highest BCUT2D eigenvalue weighted by molar-refractivity contribution is 9.10. The number of hydrogen-bond donors (Lipinski definition) is 2. The van der Waals surface area contributed by atoms with Gasteiger partial charge in [0.25, 0.3) is 0 Å². The Kier molecular flexibility index (Phi) is 5.29. The molecule has 0 saturated heterocycles. The van der Waals surface area contributed by atoms with Gasteiger partial charge in [0, 0.05) is 18.7 Å². The summed E-state index contributed by atoms with van der Waals surface area (Å²) < 4.78 is 0.765. The lowest BCUT2D eigenvalue weighted by Crippen LogP contribution is -2.36. The molecule has 0 atom stereocenters. The third kappa shape index (κ3) is 3.60. The van der Waals surface area contributed by atoms with Crippen LogP contribution < -0.4 is 5.32 Å². The van der Waals surface area contributed by atoms with Gasteiger partial charge >= 0.3 is 0 Å². The van der Waals surface area contributed by atoms with Gasteiger partial charge in [0.05, 0.1) is 4.47 Å².